The van der Waals surface area contributed by atoms with Crippen molar-refractivity contribution in [2.24, 2.45) is 0 Å². The fourth-order valence-electron chi connectivity index (χ4n) is 4.49. The molecule has 0 spiro atoms. The Labute approximate surface area is 214 Å². The van der Waals surface area contributed by atoms with Crippen molar-refractivity contribution in [1.82, 2.24) is 5.32 Å². The van der Waals surface area contributed by atoms with Crippen LogP contribution in [0.4, 0.5) is 0 Å². The second kappa shape index (κ2) is 18.1. The zero-order valence-electron chi connectivity index (χ0n) is 22.8. The molecular weight excluding hydrogens is 627 g/mol. The SMILES string of the molecule is CCC[CH2][Po]([CH2]CCC)([CH2]CCC)[CH2]CCNC(=O)CCC1(CCC(=O)OC(C)C)OCCO1. The number of amides is 1. The van der Waals surface area contributed by atoms with Gasteiger partial charge in [-0.3, -0.25) is 0 Å². The number of carbonyl (C=O) groups excluding carboxylic acids is 2. The number of hydrogen-bond acceptors (Lipinski definition) is 5. The number of rotatable bonds is 20. The van der Waals surface area contributed by atoms with Gasteiger partial charge >= 0.3 is 195 Å². The van der Waals surface area contributed by atoms with Gasteiger partial charge < -0.3 is 0 Å². The van der Waals surface area contributed by atoms with E-state index in [4.69, 9.17) is 14.2 Å². The fraction of sp³-hybridized carbons (Fsp3) is 0.926. The average Bonchev–Trinajstić information content (AvgIpc) is 3.28. The van der Waals surface area contributed by atoms with Crippen molar-refractivity contribution in [3.8, 4) is 0 Å². The predicted octanol–water partition coefficient (Wildman–Crippen LogP) is 6.60. The molecule has 1 rings (SSSR count). The maximum atomic E-state index is 12.6. The Morgan fingerprint density at radius 2 is 1.35 bits per heavy atom. The van der Waals surface area contributed by atoms with Gasteiger partial charge in [-0.1, -0.05) is 0 Å². The minimum atomic E-state index is -2.09. The van der Waals surface area contributed by atoms with Gasteiger partial charge in [0.05, 0.1) is 6.10 Å². The van der Waals surface area contributed by atoms with Gasteiger partial charge in [0.1, 0.15) is 0 Å². The number of ether oxygens (including phenoxy) is 3. The molecule has 1 aliphatic rings. The Morgan fingerprint density at radius 3 is 1.85 bits per heavy atom. The minimum absolute atomic E-state index is 0.0551. The number of carbonyl (C=O) groups is 2. The Morgan fingerprint density at radius 1 is 0.853 bits per heavy atom. The van der Waals surface area contributed by atoms with E-state index in [-0.39, 0.29) is 24.4 Å². The van der Waals surface area contributed by atoms with Crippen LogP contribution in [-0.2, 0) is 23.8 Å². The Balaban J connectivity index is 2.47. The summed E-state index contributed by atoms with van der Waals surface area (Å²) in [6.07, 6.45) is 10.6. The van der Waals surface area contributed by atoms with E-state index < -0.39 is 26.4 Å². The molecule has 1 N–H and O–H groups in total. The fourth-order valence-corrected chi connectivity index (χ4v) is 22.7. The van der Waals surface area contributed by atoms with E-state index in [9.17, 15) is 9.59 Å². The first-order chi connectivity index (χ1) is 16.3. The van der Waals surface area contributed by atoms with Gasteiger partial charge in [-0.2, -0.15) is 0 Å². The molecule has 0 atom stereocenters. The molecule has 0 saturated carbocycles. The normalized spacial score (nSPS) is 16.1. The first-order valence-corrected chi connectivity index (χ1v) is 22.8. The van der Waals surface area contributed by atoms with Gasteiger partial charge in [-0.05, 0) is 13.8 Å². The molecule has 6 nitrogen and oxygen atoms in total. The molecule has 1 heterocycles. The summed E-state index contributed by atoms with van der Waals surface area (Å²) < 4.78 is 22.8. The summed E-state index contributed by atoms with van der Waals surface area (Å²) in [5, 5.41) is 3.15. The monoisotopic (exact) mass is 680 g/mol. The molecular formula is C27H53NO5Po. The number of unbranched alkanes of at least 4 members (excludes halogenated alkanes) is 3. The molecule has 0 aromatic carbocycles. The standard InChI is InChI=1S/C15H26NO5.3C4H9.Po/c1-4-9-16-13(17)5-7-15(19-10-11-20-15)8-6-14(18)21-12(2)3;3*1-3-4-2;/h12H,1,4-11H2,2-3H3,(H,16,17);3*1,3-4H2,2H3;. The molecule has 202 valence electrons. The van der Waals surface area contributed by atoms with Crippen LogP contribution in [0.15, 0.2) is 0 Å². The Kier molecular flexibility index (Phi) is 16.9. The molecule has 1 fully saturated rings. The quantitative estimate of drug-likeness (QED) is 0.116. The van der Waals surface area contributed by atoms with Gasteiger partial charge in [0.25, 0.3) is 0 Å². The number of nitrogens with one attached hydrogen (secondary N) is 1. The van der Waals surface area contributed by atoms with Crippen molar-refractivity contribution in [3.63, 3.8) is 0 Å². The third kappa shape index (κ3) is 13.2. The summed E-state index contributed by atoms with van der Waals surface area (Å²) >= 11 is -2.09. The van der Waals surface area contributed by atoms with Crippen LogP contribution in [0.1, 0.15) is 105 Å². The third-order valence-corrected chi connectivity index (χ3v) is 24.4. The Bertz CT molecular complexity index is 541. The summed E-state index contributed by atoms with van der Waals surface area (Å²) in [5.41, 5.74) is 0. The second-order valence-corrected chi connectivity index (χ2v) is 25.8. The van der Waals surface area contributed by atoms with Crippen molar-refractivity contribution in [2.75, 3.05) is 19.8 Å². The van der Waals surface area contributed by atoms with Crippen LogP contribution in [0.25, 0.3) is 0 Å². The Hall–Kier alpha value is -0.244. The summed E-state index contributed by atoms with van der Waals surface area (Å²) in [5.74, 6) is -1.03. The molecule has 1 saturated heterocycles. The number of hydrogen-bond donors (Lipinski definition) is 1. The van der Waals surface area contributed by atoms with Crippen LogP contribution < -0.4 is 5.32 Å². The molecule has 1 aliphatic heterocycles. The molecule has 0 radical (unpaired) electrons. The summed E-state index contributed by atoms with van der Waals surface area (Å²) in [6.45, 7) is 12.4. The van der Waals surface area contributed by atoms with E-state index in [1.54, 1.807) is 0 Å². The van der Waals surface area contributed by atoms with Crippen molar-refractivity contribution >= 4 is 32.4 Å². The average molecular weight is 681 g/mol. The molecule has 0 unspecified atom stereocenters. The first kappa shape index (κ1) is 31.8. The van der Waals surface area contributed by atoms with E-state index >= 15 is 0 Å². The van der Waals surface area contributed by atoms with Crippen LogP contribution in [0.2, 0.25) is 16.3 Å². The van der Waals surface area contributed by atoms with E-state index in [0.717, 1.165) is 13.0 Å². The molecule has 34 heavy (non-hydrogen) atoms. The van der Waals surface area contributed by atoms with E-state index in [0.29, 0.717) is 32.5 Å². The van der Waals surface area contributed by atoms with Gasteiger partial charge in [0, 0.05) is 0 Å². The van der Waals surface area contributed by atoms with Gasteiger partial charge in [0.2, 0.25) is 0 Å². The van der Waals surface area contributed by atoms with Crippen molar-refractivity contribution in [1.29, 1.82) is 0 Å². The molecule has 0 aromatic rings. The van der Waals surface area contributed by atoms with E-state index in [1.165, 1.54) is 54.8 Å². The predicted molar refractivity (Wildman–Crippen MR) is 142 cm³/mol. The van der Waals surface area contributed by atoms with Crippen molar-refractivity contribution in [2.45, 2.75) is 133 Å². The molecule has 0 aromatic heterocycles. The van der Waals surface area contributed by atoms with Crippen LogP contribution in [0, 0.1) is 0 Å². The third-order valence-electron chi connectivity index (χ3n) is 6.49. The maximum absolute atomic E-state index is 12.6. The summed E-state index contributed by atoms with van der Waals surface area (Å²) in [6, 6.07) is 0. The van der Waals surface area contributed by atoms with Crippen molar-refractivity contribution in [3.05, 3.63) is 0 Å². The van der Waals surface area contributed by atoms with Gasteiger partial charge in [0.15, 0.2) is 0 Å². The van der Waals surface area contributed by atoms with Crippen LogP contribution in [0.5, 0.6) is 0 Å². The second-order valence-electron chi connectivity index (χ2n) is 9.95. The van der Waals surface area contributed by atoms with Crippen LogP contribution in [0.3, 0.4) is 0 Å². The zero-order chi connectivity index (χ0) is 25.3. The van der Waals surface area contributed by atoms with E-state index in [1.807, 2.05) is 13.8 Å². The molecule has 0 bridgehead atoms. The topological polar surface area (TPSA) is 73.9 Å². The van der Waals surface area contributed by atoms with E-state index in [2.05, 4.69) is 26.1 Å². The van der Waals surface area contributed by atoms with Gasteiger partial charge in [-0.15, -0.1) is 0 Å². The van der Waals surface area contributed by atoms with Gasteiger partial charge in [-0.25, -0.2) is 0 Å². The van der Waals surface area contributed by atoms with Crippen LogP contribution in [-0.4, -0.2) is 64.1 Å². The molecule has 0 aliphatic carbocycles. The summed E-state index contributed by atoms with van der Waals surface area (Å²) in [7, 11) is 0. The van der Waals surface area contributed by atoms with Crippen molar-refractivity contribution < 1.29 is 23.8 Å². The van der Waals surface area contributed by atoms with Crippen LogP contribution >= 0.6 is 0 Å². The molecule has 7 heteroatoms. The zero-order valence-corrected chi connectivity index (χ0v) is 25.9. The number of esters is 1. The summed E-state index contributed by atoms with van der Waals surface area (Å²) in [4.78, 5) is 24.5. The first-order valence-electron chi connectivity index (χ1n) is 13.8. The molecule has 1 amide bonds.